The molecule has 0 atom stereocenters. The fourth-order valence-electron chi connectivity index (χ4n) is 4.40. The predicted octanol–water partition coefficient (Wildman–Crippen LogP) is 4.86. The second-order valence-electron chi connectivity index (χ2n) is 7.74. The molecule has 3 heteroatoms. The molecule has 0 heterocycles. The average Bonchev–Trinajstić information content (AvgIpc) is 2.64. The van der Waals surface area contributed by atoms with Crippen LogP contribution in [0.2, 0.25) is 0 Å². The van der Waals surface area contributed by atoms with Gasteiger partial charge in [-0.2, -0.15) is 0 Å². The molecular weight excluding hydrogens is 296 g/mol. The van der Waals surface area contributed by atoms with Gasteiger partial charge in [-0.3, -0.25) is 4.79 Å². The maximum Gasteiger partial charge on any atom is 0.254 e. The first-order chi connectivity index (χ1) is 11.7. The minimum Gasteiger partial charge on any atom is -0.378 e. The van der Waals surface area contributed by atoms with Gasteiger partial charge in [0.1, 0.15) is 0 Å². The Morgan fingerprint density at radius 3 is 1.67 bits per heavy atom. The van der Waals surface area contributed by atoms with Gasteiger partial charge in [-0.25, -0.2) is 0 Å². The lowest BCUT2D eigenvalue weighted by atomic mass is 9.88. The maximum absolute atomic E-state index is 13.3. The summed E-state index contributed by atoms with van der Waals surface area (Å²) in [5.41, 5.74) is 2.00. The molecule has 3 nitrogen and oxygen atoms in total. The third-order valence-electron chi connectivity index (χ3n) is 5.80. The van der Waals surface area contributed by atoms with Crippen LogP contribution in [0.5, 0.6) is 0 Å². The standard InChI is InChI=1S/C21H32N2O/c1-22(2)18-15-13-17(14-16-18)21(24)23(19-9-5-3-6-10-19)20-11-7-4-8-12-20/h13-16,19-20H,3-12H2,1-2H3. The van der Waals surface area contributed by atoms with Crippen molar-refractivity contribution in [1.29, 1.82) is 0 Å². The predicted molar refractivity (Wildman–Crippen MR) is 101 cm³/mol. The van der Waals surface area contributed by atoms with Gasteiger partial charge in [-0.15, -0.1) is 0 Å². The fourth-order valence-corrected chi connectivity index (χ4v) is 4.40. The number of benzene rings is 1. The highest BCUT2D eigenvalue weighted by Crippen LogP contribution is 2.31. The summed E-state index contributed by atoms with van der Waals surface area (Å²) < 4.78 is 0. The lowest BCUT2D eigenvalue weighted by Crippen LogP contribution is -2.48. The van der Waals surface area contributed by atoms with Crippen LogP contribution in [0, 0.1) is 0 Å². The highest BCUT2D eigenvalue weighted by Gasteiger charge is 2.32. The molecule has 3 rings (SSSR count). The number of carbonyl (C=O) groups is 1. The molecule has 0 unspecified atom stereocenters. The zero-order valence-corrected chi connectivity index (χ0v) is 15.3. The largest absolute Gasteiger partial charge is 0.378 e. The number of amides is 1. The molecule has 0 saturated heterocycles. The second-order valence-corrected chi connectivity index (χ2v) is 7.74. The Balaban J connectivity index is 1.81. The Bertz CT molecular complexity index is 507. The molecule has 1 amide bonds. The molecule has 2 aliphatic rings. The van der Waals surface area contributed by atoms with Crippen molar-refractivity contribution in [3.63, 3.8) is 0 Å². The monoisotopic (exact) mass is 328 g/mol. The summed E-state index contributed by atoms with van der Waals surface area (Å²) >= 11 is 0. The topological polar surface area (TPSA) is 23.6 Å². The first kappa shape index (κ1) is 17.3. The van der Waals surface area contributed by atoms with Crippen LogP contribution in [-0.2, 0) is 0 Å². The zero-order valence-electron chi connectivity index (χ0n) is 15.3. The van der Waals surface area contributed by atoms with Crippen molar-refractivity contribution >= 4 is 11.6 Å². The van der Waals surface area contributed by atoms with Gasteiger partial charge in [-0.05, 0) is 49.9 Å². The number of rotatable bonds is 4. The minimum absolute atomic E-state index is 0.263. The summed E-state index contributed by atoms with van der Waals surface area (Å²) in [5.74, 6) is 0.263. The Kier molecular flexibility index (Phi) is 5.80. The van der Waals surface area contributed by atoms with E-state index in [0.717, 1.165) is 11.3 Å². The molecule has 1 aromatic rings. The van der Waals surface area contributed by atoms with Gasteiger partial charge in [-0.1, -0.05) is 38.5 Å². The molecule has 0 radical (unpaired) electrons. The number of nitrogens with zero attached hydrogens (tertiary/aromatic N) is 2. The summed E-state index contributed by atoms with van der Waals surface area (Å²) in [7, 11) is 4.07. The van der Waals surface area contributed by atoms with Gasteiger partial charge in [0.25, 0.3) is 5.91 Å². The smallest absolute Gasteiger partial charge is 0.254 e. The van der Waals surface area contributed by atoms with Crippen LogP contribution in [0.4, 0.5) is 5.69 Å². The van der Waals surface area contributed by atoms with Crippen molar-refractivity contribution in [3.8, 4) is 0 Å². The van der Waals surface area contributed by atoms with Gasteiger partial charge in [0, 0.05) is 37.4 Å². The van der Waals surface area contributed by atoms with E-state index in [1.807, 2.05) is 26.2 Å². The van der Waals surface area contributed by atoms with Crippen molar-refractivity contribution in [2.45, 2.75) is 76.3 Å². The van der Waals surface area contributed by atoms with Gasteiger partial charge >= 0.3 is 0 Å². The van der Waals surface area contributed by atoms with E-state index in [-0.39, 0.29) is 5.91 Å². The third-order valence-corrected chi connectivity index (χ3v) is 5.80. The van der Waals surface area contributed by atoms with Gasteiger partial charge in [0.05, 0.1) is 0 Å². The van der Waals surface area contributed by atoms with Crippen LogP contribution in [0.25, 0.3) is 0 Å². The van der Waals surface area contributed by atoms with Crippen LogP contribution in [0.15, 0.2) is 24.3 Å². The van der Waals surface area contributed by atoms with E-state index in [9.17, 15) is 4.79 Å². The molecule has 1 aromatic carbocycles. The molecule has 132 valence electrons. The lowest BCUT2D eigenvalue weighted by Gasteiger charge is -2.42. The number of hydrogen-bond acceptors (Lipinski definition) is 2. The molecule has 2 saturated carbocycles. The molecular formula is C21H32N2O. The Morgan fingerprint density at radius 1 is 0.792 bits per heavy atom. The van der Waals surface area contributed by atoms with E-state index in [1.54, 1.807) is 0 Å². The fraction of sp³-hybridized carbons (Fsp3) is 0.667. The van der Waals surface area contributed by atoms with Crippen molar-refractivity contribution in [1.82, 2.24) is 4.90 Å². The van der Waals surface area contributed by atoms with E-state index < -0.39 is 0 Å². The van der Waals surface area contributed by atoms with Crippen molar-refractivity contribution in [3.05, 3.63) is 29.8 Å². The molecule has 2 aliphatic carbocycles. The highest BCUT2D eigenvalue weighted by atomic mass is 16.2. The van der Waals surface area contributed by atoms with E-state index >= 15 is 0 Å². The second kappa shape index (κ2) is 8.04. The molecule has 0 N–H and O–H groups in total. The number of hydrogen-bond donors (Lipinski definition) is 0. The zero-order chi connectivity index (χ0) is 16.9. The Morgan fingerprint density at radius 2 is 1.25 bits per heavy atom. The van der Waals surface area contributed by atoms with Crippen LogP contribution in [0.1, 0.15) is 74.6 Å². The van der Waals surface area contributed by atoms with E-state index in [2.05, 4.69) is 21.9 Å². The maximum atomic E-state index is 13.3. The molecule has 0 bridgehead atoms. The average molecular weight is 329 g/mol. The summed E-state index contributed by atoms with van der Waals surface area (Å²) in [5, 5.41) is 0. The molecule has 0 aliphatic heterocycles. The third kappa shape index (κ3) is 3.93. The molecule has 0 aromatic heterocycles. The SMILES string of the molecule is CN(C)c1ccc(C(=O)N(C2CCCCC2)C2CCCCC2)cc1. The van der Waals surface area contributed by atoms with E-state index in [0.29, 0.717) is 12.1 Å². The van der Waals surface area contributed by atoms with Crippen molar-refractivity contribution in [2.75, 3.05) is 19.0 Å². The van der Waals surface area contributed by atoms with Crippen LogP contribution in [0.3, 0.4) is 0 Å². The van der Waals surface area contributed by atoms with E-state index in [1.165, 1.54) is 64.2 Å². The van der Waals surface area contributed by atoms with Crippen molar-refractivity contribution < 1.29 is 4.79 Å². The summed E-state index contributed by atoms with van der Waals surface area (Å²) in [6.07, 6.45) is 12.6. The van der Waals surface area contributed by atoms with Gasteiger partial charge in [0.2, 0.25) is 0 Å². The number of carbonyl (C=O) groups excluding carboxylic acids is 1. The Labute approximate surface area is 147 Å². The van der Waals surface area contributed by atoms with E-state index in [4.69, 9.17) is 0 Å². The number of anilines is 1. The first-order valence-corrected chi connectivity index (χ1v) is 9.77. The quantitative estimate of drug-likeness (QED) is 0.788. The van der Waals surface area contributed by atoms with Crippen molar-refractivity contribution in [2.24, 2.45) is 0 Å². The normalized spacial score (nSPS) is 19.9. The van der Waals surface area contributed by atoms with Crippen LogP contribution in [-0.4, -0.2) is 37.0 Å². The van der Waals surface area contributed by atoms with Gasteiger partial charge in [0.15, 0.2) is 0 Å². The molecule has 24 heavy (non-hydrogen) atoms. The first-order valence-electron chi connectivity index (χ1n) is 9.77. The summed E-state index contributed by atoms with van der Waals surface area (Å²) in [6.45, 7) is 0. The Hall–Kier alpha value is -1.51. The molecule has 2 fully saturated rings. The van der Waals surface area contributed by atoms with Gasteiger partial charge < -0.3 is 9.80 Å². The van der Waals surface area contributed by atoms with Crippen LogP contribution < -0.4 is 4.90 Å². The molecule has 0 spiro atoms. The van der Waals surface area contributed by atoms with Crippen LogP contribution >= 0.6 is 0 Å². The lowest BCUT2D eigenvalue weighted by molar-refractivity contribution is 0.0448. The summed E-state index contributed by atoms with van der Waals surface area (Å²) in [4.78, 5) is 17.7. The summed E-state index contributed by atoms with van der Waals surface area (Å²) in [6, 6.07) is 9.07. The highest BCUT2D eigenvalue weighted by molar-refractivity contribution is 5.95. The minimum atomic E-state index is 0.263.